The fourth-order valence-electron chi connectivity index (χ4n) is 1.44. The molecule has 0 bridgehead atoms. The van der Waals surface area contributed by atoms with E-state index in [1.807, 2.05) is 0 Å². The lowest BCUT2D eigenvalue weighted by Gasteiger charge is -2.27. The van der Waals surface area contributed by atoms with Gasteiger partial charge in [-0.15, -0.1) is 8.80 Å². The fourth-order valence-corrected chi connectivity index (χ4v) is 4.86. The maximum Gasteiger partial charge on any atom is 0.248 e. The summed E-state index contributed by atoms with van der Waals surface area (Å²) in [5, 5.41) is 1.01. The third-order valence-corrected chi connectivity index (χ3v) is 6.62. The van der Waals surface area contributed by atoms with Crippen LogP contribution < -0.4 is 0 Å². The smallest absolute Gasteiger partial charge is 0.248 e. The number of pyridine rings is 2. The minimum atomic E-state index is -2.40. The van der Waals surface area contributed by atoms with Crippen molar-refractivity contribution < 1.29 is 9.59 Å². The molecule has 2 heterocycles. The molecular weight excluding hydrogens is 296 g/mol. The van der Waals surface area contributed by atoms with Crippen molar-refractivity contribution in [1.29, 1.82) is 0 Å². The standard InChI is InChI=1S/C12H8N4O2S2/c17-9-15-19-20(16-10-18,11-5-1-3-7-13-11)12-6-2-4-8-14-12/h1-8H. The van der Waals surface area contributed by atoms with Crippen LogP contribution in [0.25, 0.3) is 0 Å². The van der Waals surface area contributed by atoms with Gasteiger partial charge in [0.25, 0.3) is 0 Å². The van der Waals surface area contributed by atoms with Crippen LogP contribution in [-0.4, -0.2) is 22.1 Å². The van der Waals surface area contributed by atoms with Crippen molar-refractivity contribution in [3.05, 3.63) is 48.8 Å². The molecule has 0 saturated carbocycles. The predicted molar refractivity (Wildman–Crippen MR) is 76.4 cm³/mol. The van der Waals surface area contributed by atoms with Crippen LogP contribution in [-0.2, 0) is 9.59 Å². The quantitative estimate of drug-likeness (QED) is 0.367. The largest absolute Gasteiger partial charge is 0.249 e. The fraction of sp³-hybridized carbons (Fsp3) is 0. The molecule has 0 aliphatic rings. The van der Waals surface area contributed by atoms with E-state index in [4.69, 9.17) is 0 Å². The highest BCUT2D eigenvalue weighted by Crippen LogP contribution is 2.71. The molecule has 0 saturated heterocycles. The molecule has 0 amide bonds. The van der Waals surface area contributed by atoms with Crippen LogP contribution in [0.3, 0.4) is 0 Å². The Hall–Kier alpha value is -2.24. The highest BCUT2D eigenvalue weighted by atomic mass is 33.2. The summed E-state index contributed by atoms with van der Waals surface area (Å²) in [6.45, 7) is 0. The normalized spacial score (nSPS) is 11.0. The Morgan fingerprint density at radius 2 is 1.55 bits per heavy atom. The highest BCUT2D eigenvalue weighted by Gasteiger charge is 2.33. The van der Waals surface area contributed by atoms with Gasteiger partial charge in [0.1, 0.15) is 10.1 Å². The van der Waals surface area contributed by atoms with Gasteiger partial charge in [0.2, 0.25) is 12.2 Å². The van der Waals surface area contributed by atoms with E-state index in [0.29, 0.717) is 10.1 Å². The number of rotatable bonds is 5. The Kier molecular flexibility index (Phi) is 4.81. The molecule has 0 aromatic carbocycles. The Morgan fingerprint density at radius 3 is 1.95 bits per heavy atom. The molecule has 0 unspecified atom stereocenters. The van der Waals surface area contributed by atoms with Gasteiger partial charge in [-0.05, 0) is 24.3 Å². The summed E-state index contributed by atoms with van der Waals surface area (Å²) in [5.41, 5.74) is 0. The molecule has 6 nitrogen and oxygen atoms in total. The van der Waals surface area contributed by atoms with Crippen molar-refractivity contribution >= 4 is 32.4 Å². The average Bonchev–Trinajstić information content (AvgIpc) is 2.53. The number of nitrogens with zero attached hydrogens (tertiary/aromatic N) is 4. The summed E-state index contributed by atoms with van der Waals surface area (Å²) < 4.78 is 7.39. The Labute approximate surface area is 120 Å². The lowest BCUT2D eigenvalue weighted by Crippen LogP contribution is -1.99. The topological polar surface area (TPSA) is 84.6 Å². The van der Waals surface area contributed by atoms with Crippen LogP contribution in [0.4, 0.5) is 0 Å². The molecule has 0 spiro atoms. The van der Waals surface area contributed by atoms with Gasteiger partial charge in [0.05, 0.1) is 11.0 Å². The van der Waals surface area contributed by atoms with Gasteiger partial charge < -0.3 is 0 Å². The number of hydrogen-bond acceptors (Lipinski definition) is 7. The van der Waals surface area contributed by atoms with Gasteiger partial charge in [-0.2, -0.15) is 0 Å². The molecule has 100 valence electrons. The van der Waals surface area contributed by atoms with Crippen molar-refractivity contribution in [3.63, 3.8) is 0 Å². The maximum atomic E-state index is 10.9. The second-order valence-corrected chi connectivity index (χ2v) is 7.60. The third-order valence-electron chi connectivity index (χ3n) is 2.19. The average molecular weight is 304 g/mol. The first-order valence-corrected chi connectivity index (χ1v) is 8.22. The molecule has 0 aliphatic carbocycles. The first-order chi connectivity index (χ1) is 9.83. The van der Waals surface area contributed by atoms with Gasteiger partial charge in [-0.3, -0.25) is 0 Å². The predicted octanol–water partition coefficient (Wildman–Crippen LogP) is 2.85. The van der Waals surface area contributed by atoms with E-state index >= 15 is 0 Å². The first kappa shape index (κ1) is 14.2. The van der Waals surface area contributed by atoms with E-state index in [2.05, 4.69) is 18.8 Å². The van der Waals surface area contributed by atoms with Crippen molar-refractivity contribution in [2.75, 3.05) is 0 Å². The summed E-state index contributed by atoms with van der Waals surface area (Å²) in [5.74, 6) is 0. The van der Waals surface area contributed by atoms with E-state index in [1.165, 1.54) is 12.2 Å². The molecule has 8 heteroatoms. The number of carbonyl (C=O) groups excluding carboxylic acids is 2. The van der Waals surface area contributed by atoms with Gasteiger partial charge in [0.15, 0.2) is 0 Å². The zero-order valence-corrected chi connectivity index (χ0v) is 11.7. The van der Waals surface area contributed by atoms with Crippen molar-refractivity contribution in [3.8, 4) is 0 Å². The van der Waals surface area contributed by atoms with Crippen LogP contribution in [0.5, 0.6) is 0 Å². The molecule has 0 N–H and O–H groups in total. The minimum Gasteiger partial charge on any atom is -0.249 e. The summed E-state index contributed by atoms with van der Waals surface area (Å²) in [4.78, 5) is 29.7. The van der Waals surface area contributed by atoms with E-state index in [9.17, 15) is 9.59 Å². The lowest BCUT2D eigenvalue weighted by molar-refractivity contribution is 0.565. The van der Waals surface area contributed by atoms with E-state index in [-0.39, 0.29) is 0 Å². The molecule has 2 aromatic heterocycles. The number of isocyanates is 2. The Bertz CT molecular complexity index is 629. The van der Waals surface area contributed by atoms with Gasteiger partial charge in [0, 0.05) is 21.6 Å². The monoisotopic (exact) mass is 304 g/mol. The second-order valence-electron chi connectivity index (χ2n) is 3.30. The van der Waals surface area contributed by atoms with Crippen molar-refractivity contribution in [1.82, 2.24) is 9.97 Å². The maximum absolute atomic E-state index is 10.9. The van der Waals surface area contributed by atoms with Gasteiger partial charge >= 0.3 is 0 Å². The van der Waals surface area contributed by atoms with Crippen LogP contribution in [0.15, 0.2) is 67.6 Å². The molecule has 2 aromatic rings. The van der Waals surface area contributed by atoms with Gasteiger partial charge in [-0.25, -0.2) is 19.6 Å². The van der Waals surface area contributed by atoms with Crippen LogP contribution in [0.2, 0.25) is 0 Å². The van der Waals surface area contributed by atoms with Crippen molar-refractivity contribution in [2.24, 2.45) is 8.80 Å². The van der Waals surface area contributed by atoms with E-state index in [1.54, 1.807) is 48.8 Å². The van der Waals surface area contributed by atoms with Crippen molar-refractivity contribution in [2.45, 2.75) is 10.1 Å². The Morgan fingerprint density at radius 1 is 0.950 bits per heavy atom. The van der Waals surface area contributed by atoms with Gasteiger partial charge in [-0.1, -0.05) is 12.1 Å². The zero-order valence-electron chi connectivity index (χ0n) is 10.0. The summed E-state index contributed by atoms with van der Waals surface area (Å²) >= 11 is 0. The molecule has 0 aliphatic heterocycles. The SMILES string of the molecule is O=C=NSS(N=C=O)(c1ccccn1)c1ccccn1. The van der Waals surface area contributed by atoms with Crippen LogP contribution in [0, 0.1) is 0 Å². The summed E-state index contributed by atoms with van der Waals surface area (Å²) in [7, 11) is -1.57. The molecule has 0 radical (unpaired) electrons. The number of hydrogen-bond donors (Lipinski definition) is 0. The molecule has 2 rings (SSSR count). The molecule has 20 heavy (non-hydrogen) atoms. The van der Waals surface area contributed by atoms with E-state index in [0.717, 1.165) is 11.0 Å². The molecule has 0 atom stereocenters. The third kappa shape index (κ3) is 2.84. The lowest BCUT2D eigenvalue weighted by atomic mass is 10.5. The zero-order chi connectivity index (χ0) is 14.3. The highest BCUT2D eigenvalue weighted by molar-refractivity contribution is 8.93. The summed E-state index contributed by atoms with van der Waals surface area (Å²) in [6.07, 6.45) is 6.12. The molecular formula is C12H8N4O2S2. The molecule has 0 fully saturated rings. The minimum absolute atomic E-state index is 0.506. The van der Waals surface area contributed by atoms with Crippen LogP contribution >= 0.6 is 20.2 Å². The number of aromatic nitrogens is 2. The first-order valence-electron chi connectivity index (χ1n) is 5.34. The summed E-state index contributed by atoms with van der Waals surface area (Å²) in [6, 6.07) is 10.4. The second kappa shape index (κ2) is 6.79. The Balaban J connectivity index is 2.68. The van der Waals surface area contributed by atoms with E-state index < -0.39 is 9.25 Å². The van der Waals surface area contributed by atoms with Crippen LogP contribution in [0.1, 0.15) is 0 Å².